The van der Waals surface area contributed by atoms with Crippen molar-refractivity contribution in [2.24, 2.45) is 0 Å². The molecular weight excluding hydrogens is 509 g/mol. The Morgan fingerprint density at radius 1 is 0.949 bits per heavy atom. The predicted molar refractivity (Wildman–Crippen MR) is 143 cm³/mol. The number of pyridine rings is 1. The quantitative estimate of drug-likeness (QED) is 0.342. The number of urea groups is 1. The smallest absolute Gasteiger partial charge is 0.337 e. The lowest BCUT2D eigenvalue weighted by molar-refractivity contribution is -0.122. The molecule has 1 aliphatic rings. The van der Waals surface area contributed by atoms with Crippen LogP contribution in [-0.2, 0) is 0 Å². The van der Waals surface area contributed by atoms with Gasteiger partial charge in [-0.3, -0.25) is 9.20 Å². The molecule has 0 radical (unpaired) electrons. The minimum atomic E-state index is -4.49. The fraction of sp³-hybridized carbons (Fsp3) is 0.250. The van der Waals surface area contributed by atoms with Gasteiger partial charge in [0.1, 0.15) is 12.2 Å². The van der Waals surface area contributed by atoms with E-state index in [9.17, 15) is 22.8 Å². The molecule has 3 heterocycles. The molecule has 11 heteroatoms. The Morgan fingerprint density at radius 3 is 2.59 bits per heavy atom. The van der Waals surface area contributed by atoms with Crippen LogP contribution in [0, 0.1) is 0 Å². The Labute approximate surface area is 222 Å². The molecule has 4 aromatic rings. The molecule has 0 aliphatic carbocycles. The summed E-state index contributed by atoms with van der Waals surface area (Å²) in [5, 5.41) is 7.52. The average molecular weight is 537 g/mol. The fourth-order valence-corrected chi connectivity index (χ4v) is 4.55. The Hall–Kier alpha value is -4.38. The number of halogens is 3. The number of aromatic nitrogens is 2. The van der Waals surface area contributed by atoms with E-state index < -0.39 is 18.8 Å². The SMILES string of the molecule is O=C(NCC(F)(F)F)Nc1cccc(-c2cnc3cc(-c4cccc(C(=O)N5CCCNCC5)c4)ccn23)c1. The number of imidazole rings is 1. The van der Waals surface area contributed by atoms with E-state index in [0.717, 1.165) is 48.4 Å². The number of hydrogen-bond donors (Lipinski definition) is 3. The molecule has 2 aromatic heterocycles. The maximum absolute atomic E-state index is 13.1. The van der Waals surface area contributed by atoms with Crippen LogP contribution in [0.25, 0.3) is 28.0 Å². The average Bonchev–Trinajstić information content (AvgIpc) is 3.16. The number of anilines is 1. The van der Waals surface area contributed by atoms with Crippen LogP contribution in [0.3, 0.4) is 0 Å². The molecule has 0 saturated carbocycles. The van der Waals surface area contributed by atoms with Gasteiger partial charge in [-0.25, -0.2) is 9.78 Å². The van der Waals surface area contributed by atoms with Crippen LogP contribution in [0.1, 0.15) is 16.8 Å². The number of nitrogens with one attached hydrogen (secondary N) is 3. The molecule has 0 atom stereocenters. The molecule has 3 amide bonds. The molecule has 0 unspecified atom stereocenters. The van der Waals surface area contributed by atoms with Crippen molar-refractivity contribution in [3.05, 3.63) is 78.6 Å². The number of rotatable bonds is 5. The second-order valence-corrected chi connectivity index (χ2v) is 9.27. The van der Waals surface area contributed by atoms with Crippen LogP contribution in [0.5, 0.6) is 0 Å². The lowest BCUT2D eigenvalue weighted by atomic mass is 10.0. The van der Waals surface area contributed by atoms with Gasteiger partial charge in [-0.1, -0.05) is 24.3 Å². The van der Waals surface area contributed by atoms with E-state index in [2.05, 4.69) is 15.6 Å². The normalized spacial score (nSPS) is 14.2. The van der Waals surface area contributed by atoms with Crippen LogP contribution < -0.4 is 16.0 Å². The van der Waals surface area contributed by atoms with Gasteiger partial charge in [-0.15, -0.1) is 0 Å². The predicted octanol–water partition coefficient (Wildman–Crippen LogP) is 4.79. The topological polar surface area (TPSA) is 90.8 Å². The summed E-state index contributed by atoms with van der Waals surface area (Å²) in [6.45, 7) is 1.69. The maximum atomic E-state index is 13.1. The number of benzene rings is 2. The van der Waals surface area contributed by atoms with Gasteiger partial charge >= 0.3 is 12.2 Å². The van der Waals surface area contributed by atoms with Gasteiger partial charge in [0.2, 0.25) is 0 Å². The minimum Gasteiger partial charge on any atom is -0.337 e. The third kappa shape index (κ3) is 6.37. The third-order valence-electron chi connectivity index (χ3n) is 6.45. The number of amides is 3. The number of carbonyl (C=O) groups is 2. The van der Waals surface area contributed by atoms with Crippen LogP contribution in [0.15, 0.2) is 73.1 Å². The first-order chi connectivity index (χ1) is 18.8. The van der Waals surface area contributed by atoms with Crippen molar-refractivity contribution in [2.75, 3.05) is 38.0 Å². The summed E-state index contributed by atoms with van der Waals surface area (Å²) in [5.74, 6) is 0.0188. The molecule has 1 fully saturated rings. The van der Waals surface area contributed by atoms with E-state index >= 15 is 0 Å². The van der Waals surface area contributed by atoms with E-state index in [1.807, 2.05) is 58.0 Å². The minimum absolute atomic E-state index is 0.0188. The van der Waals surface area contributed by atoms with E-state index in [1.165, 1.54) is 0 Å². The number of carbonyl (C=O) groups excluding carboxylic acids is 2. The summed E-state index contributed by atoms with van der Waals surface area (Å²) in [4.78, 5) is 31.3. The highest BCUT2D eigenvalue weighted by atomic mass is 19.4. The molecule has 0 spiro atoms. The Balaban J connectivity index is 1.35. The monoisotopic (exact) mass is 536 g/mol. The van der Waals surface area contributed by atoms with Crippen LogP contribution in [-0.4, -0.2) is 65.1 Å². The van der Waals surface area contributed by atoms with Gasteiger partial charge in [0.25, 0.3) is 5.91 Å². The Kier molecular flexibility index (Phi) is 7.51. The number of hydrogen-bond acceptors (Lipinski definition) is 4. The first-order valence-corrected chi connectivity index (χ1v) is 12.6. The molecule has 8 nitrogen and oxygen atoms in total. The van der Waals surface area contributed by atoms with Crippen LogP contribution in [0.4, 0.5) is 23.7 Å². The van der Waals surface area contributed by atoms with Crippen LogP contribution in [0.2, 0.25) is 0 Å². The van der Waals surface area contributed by atoms with Gasteiger partial charge in [0.05, 0.1) is 11.9 Å². The summed E-state index contributed by atoms with van der Waals surface area (Å²) >= 11 is 0. The number of fused-ring (bicyclic) bond motifs is 1. The molecule has 1 saturated heterocycles. The summed E-state index contributed by atoms with van der Waals surface area (Å²) < 4.78 is 39.0. The zero-order chi connectivity index (χ0) is 27.4. The molecule has 1 aliphatic heterocycles. The molecule has 3 N–H and O–H groups in total. The first kappa shape index (κ1) is 26.2. The van der Waals surface area contributed by atoms with Crippen molar-refractivity contribution < 1.29 is 22.8 Å². The van der Waals surface area contributed by atoms with E-state index in [1.54, 1.807) is 29.7 Å². The molecule has 2 aromatic carbocycles. The summed E-state index contributed by atoms with van der Waals surface area (Å²) in [6, 6.07) is 17.3. The fourth-order valence-electron chi connectivity index (χ4n) is 4.55. The van der Waals surface area contributed by atoms with Crippen LogP contribution >= 0.6 is 0 Å². The van der Waals surface area contributed by atoms with E-state index in [-0.39, 0.29) is 5.91 Å². The van der Waals surface area contributed by atoms with Gasteiger partial charge in [0, 0.05) is 42.6 Å². The summed E-state index contributed by atoms with van der Waals surface area (Å²) in [6.07, 6.45) is -0.00221. The van der Waals surface area contributed by atoms with Gasteiger partial charge < -0.3 is 20.9 Å². The first-order valence-electron chi connectivity index (χ1n) is 12.6. The number of nitrogens with zero attached hydrogens (tertiary/aromatic N) is 3. The molecule has 0 bridgehead atoms. The van der Waals surface area contributed by atoms with Crippen molar-refractivity contribution in [2.45, 2.75) is 12.6 Å². The van der Waals surface area contributed by atoms with Gasteiger partial charge in [-0.05, 0) is 60.5 Å². The van der Waals surface area contributed by atoms with Crippen molar-refractivity contribution in [1.29, 1.82) is 0 Å². The molecule has 202 valence electrons. The van der Waals surface area contributed by atoms with Crippen molar-refractivity contribution in [1.82, 2.24) is 24.9 Å². The number of alkyl halides is 3. The Bertz CT molecular complexity index is 1490. The summed E-state index contributed by atoms with van der Waals surface area (Å²) in [5.41, 5.74) is 4.94. The zero-order valence-electron chi connectivity index (χ0n) is 21.0. The largest absolute Gasteiger partial charge is 0.405 e. The summed E-state index contributed by atoms with van der Waals surface area (Å²) in [7, 11) is 0. The lowest BCUT2D eigenvalue weighted by Crippen LogP contribution is -2.36. The van der Waals surface area contributed by atoms with Crippen molar-refractivity contribution in [3.8, 4) is 22.4 Å². The molecule has 5 rings (SSSR count). The highest BCUT2D eigenvalue weighted by Gasteiger charge is 2.27. The van der Waals surface area contributed by atoms with Gasteiger partial charge in [-0.2, -0.15) is 13.2 Å². The second kappa shape index (κ2) is 11.2. The van der Waals surface area contributed by atoms with E-state index in [0.29, 0.717) is 23.4 Å². The second-order valence-electron chi connectivity index (χ2n) is 9.27. The van der Waals surface area contributed by atoms with Gasteiger partial charge in [0.15, 0.2) is 0 Å². The lowest BCUT2D eigenvalue weighted by Gasteiger charge is -2.20. The highest BCUT2D eigenvalue weighted by Crippen LogP contribution is 2.27. The van der Waals surface area contributed by atoms with Crippen molar-refractivity contribution >= 4 is 23.3 Å². The molecule has 39 heavy (non-hydrogen) atoms. The van der Waals surface area contributed by atoms with E-state index in [4.69, 9.17) is 0 Å². The standard InChI is InChI=1S/C28H27F3N6O2/c29-28(30,31)18-34-27(39)35-23-7-2-5-21(15-23)24-17-33-25-16-20(8-12-37(24)25)19-4-1-6-22(14-19)26(38)36-11-3-9-32-10-13-36/h1-2,4-8,12,14-17,32H,3,9-11,13,18H2,(H2,34,35,39). The van der Waals surface area contributed by atoms with Crippen molar-refractivity contribution in [3.63, 3.8) is 0 Å². The Morgan fingerprint density at radius 2 is 1.74 bits per heavy atom. The third-order valence-corrected chi connectivity index (χ3v) is 6.45. The highest BCUT2D eigenvalue weighted by molar-refractivity contribution is 5.95. The zero-order valence-corrected chi connectivity index (χ0v) is 21.0. The molecular formula is C28H27F3N6O2. The maximum Gasteiger partial charge on any atom is 0.405 e.